The van der Waals surface area contributed by atoms with Gasteiger partial charge in [0.05, 0.1) is 28.7 Å². The number of nitriles is 1. The fraction of sp³-hybridized carbons (Fsp3) is 0.0426. The van der Waals surface area contributed by atoms with Crippen molar-refractivity contribution in [2.75, 3.05) is 4.90 Å². The van der Waals surface area contributed by atoms with E-state index in [1.165, 1.54) is 76.6 Å². The first-order valence-electron chi connectivity index (χ1n) is 17.2. The molecule has 50 heavy (non-hydrogen) atoms. The molecule has 3 nitrogen and oxygen atoms in total. The van der Waals surface area contributed by atoms with Gasteiger partial charge in [-0.05, 0) is 105 Å². The van der Waals surface area contributed by atoms with Gasteiger partial charge in [0.1, 0.15) is 0 Å². The molecule has 234 valence electrons. The summed E-state index contributed by atoms with van der Waals surface area (Å²) in [6.45, 7) is 0. The topological polar surface area (TPSA) is 32.0 Å². The first-order valence-corrected chi connectivity index (χ1v) is 17.2. The highest BCUT2D eigenvalue weighted by molar-refractivity contribution is 6.28. The molecule has 1 aliphatic carbocycles. The maximum Gasteiger partial charge on any atom is 0.0991 e. The van der Waals surface area contributed by atoms with E-state index in [9.17, 15) is 5.26 Å². The van der Waals surface area contributed by atoms with E-state index in [1.807, 2.05) is 12.1 Å². The smallest absolute Gasteiger partial charge is 0.0991 e. The Kier molecular flexibility index (Phi) is 6.37. The lowest BCUT2D eigenvalue weighted by atomic mass is 9.88. The molecule has 1 aromatic heterocycles. The van der Waals surface area contributed by atoms with E-state index in [4.69, 9.17) is 0 Å². The highest BCUT2D eigenvalue weighted by Crippen LogP contribution is 2.45. The number of rotatable bonds is 5. The lowest BCUT2D eigenvalue weighted by molar-refractivity contribution is 0.787. The van der Waals surface area contributed by atoms with Crippen LogP contribution in [0, 0.1) is 11.3 Å². The van der Waals surface area contributed by atoms with Crippen LogP contribution < -0.4 is 4.90 Å². The Morgan fingerprint density at radius 3 is 2.12 bits per heavy atom. The number of anilines is 2. The van der Waals surface area contributed by atoms with Gasteiger partial charge in [-0.2, -0.15) is 5.26 Å². The zero-order chi connectivity index (χ0) is 33.2. The molecule has 0 fully saturated rings. The lowest BCUT2D eigenvalue weighted by Crippen LogP contribution is -2.30. The molecule has 3 heteroatoms. The Bertz CT molecular complexity index is 2850. The van der Waals surface area contributed by atoms with Gasteiger partial charge in [-0.3, -0.25) is 0 Å². The summed E-state index contributed by atoms with van der Waals surface area (Å²) in [5.41, 5.74) is 8.94. The number of aromatic nitrogens is 1. The second-order valence-electron chi connectivity index (χ2n) is 13.2. The van der Waals surface area contributed by atoms with Crippen LogP contribution in [0.4, 0.5) is 11.4 Å². The number of para-hydroxylation sites is 2. The molecule has 0 amide bonds. The molecule has 1 unspecified atom stereocenters. The summed E-state index contributed by atoms with van der Waals surface area (Å²) in [6, 6.07) is 55.0. The highest BCUT2D eigenvalue weighted by Gasteiger charge is 2.23. The maximum absolute atomic E-state index is 9.50. The zero-order valence-electron chi connectivity index (χ0n) is 27.3. The Hall–Kier alpha value is -6.63. The van der Waals surface area contributed by atoms with Crippen molar-refractivity contribution in [1.29, 1.82) is 5.26 Å². The summed E-state index contributed by atoms with van der Waals surface area (Å²) in [4.78, 5) is 2.43. The Morgan fingerprint density at radius 1 is 0.600 bits per heavy atom. The van der Waals surface area contributed by atoms with Gasteiger partial charge in [0, 0.05) is 33.2 Å². The minimum Gasteiger partial charge on any atom is -0.334 e. The van der Waals surface area contributed by atoms with Crippen LogP contribution in [-0.2, 0) is 0 Å². The number of hydrogen-bond donors (Lipinski definition) is 0. The van der Waals surface area contributed by atoms with Gasteiger partial charge in [0.2, 0.25) is 0 Å². The number of nitrogens with zero attached hydrogens (tertiary/aromatic N) is 3. The van der Waals surface area contributed by atoms with Gasteiger partial charge in [-0.1, -0.05) is 109 Å². The highest BCUT2D eigenvalue weighted by atomic mass is 15.2. The van der Waals surface area contributed by atoms with Crippen LogP contribution >= 0.6 is 0 Å². The summed E-state index contributed by atoms with van der Waals surface area (Å²) in [5, 5.41) is 19.6. The molecule has 9 aromatic rings. The molecule has 0 aliphatic heterocycles. The van der Waals surface area contributed by atoms with Crippen LogP contribution in [0.25, 0.3) is 70.9 Å². The van der Waals surface area contributed by atoms with Crippen LogP contribution in [0.15, 0.2) is 170 Å². The van der Waals surface area contributed by atoms with Gasteiger partial charge >= 0.3 is 0 Å². The average molecular weight is 638 g/mol. The van der Waals surface area contributed by atoms with E-state index in [0.29, 0.717) is 5.56 Å². The van der Waals surface area contributed by atoms with E-state index in [2.05, 4.69) is 173 Å². The third kappa shape index (κ3) is 4.29. The normalized spacial score (nSPS) is 14.3. The largest absolute Gasteiger partial charge is 0.334 e. The molecule has 0 saturated carbocycles. The minimum atomic E-state index is 0.159. The molecule has 0 saturated heterocycles. The Morgan fingerprint density at radius 2 is 1.32 bits per heavy atom. The van der Waals surface area contributed by atoms with E-state index < -0.39 is 0 Å². The molecule has 0 N–H and O–H groups in total. The molecule has 0 radical (unpaired) electrons. The SMILES string of the molecule is N#Cc1ccc(N(c2ccc3ccc4c(-c5ccc6c(c5)c5ccccc5n6-c5ccccc5)ccc5ccc2c3c54)C2C=CC=CC2)cc1. The zero-order valence-corrected chi connectivity index (χ0v) is 27.3. The van der Waals surface area contributed by atoms with Crippen molar-refractivity contribution in [2.24, 2.45) is 0 Å². The molecule has 1 heterocycles. The van der Waals surface area contributed by atoms with Gasteiger partial charge in [0.25, 0.3) is 0 Å². The second kappa shape index (κ2) is 11.2. The number of benzene rings is 8. The molecule has 10 rings (SSSR count). The van der Waals surface area contributed by atoms with Gasteiger partial charge in [0.15, 0.2) is 0 Å². The molecule has 8 aromatic carbocycles. The third-order valence-electron chi connectivity index (χ3n) is 10.5. The van der Waals surface area contributed by atoms with Crippen molar-refractivity contribution in [1.82, 2.24) is 4.57 Å². The summed E-state index contributed by atoms with van der Waals surface area (Å²) in [7, 11) is 0. The molecular formula is C47H31N3. The van der Waals surface area contributed by atoms with E-state index in [-0.39, 0.29) is 6.04 Å². The monoisotopic (exact) mass is 637 g/mol. The first-order chi connectivity index (χ1) is 24.8. The quantitative estimate of drug-likeness (QED) is 0.176. The standard InChI is InChI=1S/C47H31N3/c48-30-31-15-22-37(23-16-31)49(35-9-3-1-4-10-35)44-27-20-33-18-25-40-38(24-17-32-19-26-41(44)47(33)46(32)40)34-21-28-45-42(29-34)39-13-7-8-14-43(39)50(45)36-11-5-2-6-12-36/h1-9,11-29,35H,10H2. The predicted molar refractivity (Wildman–Crippen MR) is 210 cm³/mol. The van der Waals surface area contributed by atoms with Crippen LogP contribution in [0.5, 0.6) is 0 Å². The molecule has 0 bridgehead atoms. The van der Waals surface area contributed by atoms with Gasteiger partial charge in [-0.25, -0.2) is 0 Å². The summed E-state index contributed by atoms with van der Waals surface area (Å²) >= 11 is 0. The Balaban J connectivity index is 1.19. The lowest BCUT2D eigenvalue weighted by Gasteiger charge is -2.34. The third-order valence-corrected chi connectivity index (χ3v) is 10.5. The number of allylic oxidation sites excluding steroid dienone is 2. The van der Waals surface area contributed by atoms with Crippen molar-refractivity contribution in [2.45, 2.75) is 12.5 Å². The summed E-state index contributed by atoms with van der Waals surface area (Å²) < 4.78 is 2.37. The number of hydrogen-bond acceptors (Lipinski definition) is 2. The van der Waals surface area contributed by atoms with Crippen LogP contribution in [0.3, 0.4) is 0 Å². The molecule has 0 spiro atoms. The summed E-state index contributed by atoms with van der Waals surface area (Å²) in [6.07, 6.45) is 9.68. The fourth-order valence-corrected chi connectivity index (χ4v) is 8.21. The van der Waals surface area contributed by atoms with Gasteiger partial charge < -0.3 is 9.47 Å². The molecule has 1 atom stereocenters. The van der Waals surface area contributed by atoms with Crippen molar-refractivity contribution < 1.29 is 0 Å². The van der Waals surface area contributed by atoms with Crippen LogP contribution in [0.2, 0.25) is 0 Å². The average Bonchev–Trinajstić information content (AvgIpc) is 3.52. The van der Waals surface area contributed by atoms with Crippen molar-refractivity contribution in [3.63, 3.8) is 0 Å². The Labute approximate surface area is 290 Å². The van der Waals surface area contributed by atoms with E-state index in [0.717, 1.165) is 12.1 Å². The molecule has 1 aliphatic rings. The van der Waals surface area contributed by atoms with Crippen molar-refractivity contribution in [3.8, 4) is 22.9 Å². The predicted octanol–water partition coefficient (Wildman–Crippen LogP) is 12.2. The van der Waals surface area contributed by atoms with E-state index >= 15 is 0 Å². The first kappa shape index (κ1) is 28.4. The van der Waals surface area contributed by atoms with Crippen molar-refractivity contribution >= 4 is 65.5 Å². The molecular weight excluding hydrogens is 607 g/mol. The van der Waals surface area contributed by atoms with Crippen LogP contribution in [-0.4, -0.2) is 10.6 Å². The van der Waals surface area contributed by atoms with E-state index in [1.54, 1.807) is 0 Å². The van der Waals surface area contributed by atoms with Crippen molar-refractivity contribution in [3.05, 3.63) is 175 Å². The number of fused-ring (bicyclic) bond motifs is 3. The minimum absolute atomic E-state index is 0.159. The van der Waals surface area contributed by atoms with Crippen LogP contribution in [0.1, 0.15) is 12.0 Å². The summed E-state index contributed by atoms with van der Waals surface area (Å²) in [5.74, 6) is 0. The second-order valence-corrected chi connectivity index (χ2v) is 13.2. The maximum atomic E-state index is 9.50. The van der Waals surface area contributed by atoms with Gasteiger partial charge in [-0.15, -0.1) is 0 Å². The fourth-order valence-electron chi connectivity index (χ4n) is 8.21.